The van der Waals surface area contributed by atoms with Crippen molar-refractivity contribution in [1.82, 2.24) is 19.9 Å². The molecule has 2 heterocycles. The smallest absolute Gasteiger partial charge is 0.256 e. The topological polar surface area (TPSA) is 79.8 Å². The number of carbonyl (C=O) groups excluding carboxylic acids is 1. The molecule has 2 aromatic heterocycles. The van der Waals surface area contributed by atoms with Crippen molar-refractivity contribution in [3.8, 4) is 0 Å². The van der Waals surface area contributed by atoms with Crippen LogP contribution in [-0.4, -0.2) is 27.0 Å². The molecule has 0 spiro atoms. The molecular weight excluding hydrogens is 280 g/mol. The first-order valence-electron chi connectivity index (χ1n) is 7.01. The monoisotopic (exact) mass is 296 g/mol. The molecule has 0 aliphatic heterocycles. The van der Waals surface area contributed by atoms with Crippen LogP contribution < -0.4 is 10.9 Å². The highest BCUT2D eigenvalue weighted by Crippen LogP contribution is 2.14. The predicted molar refractivity (Wildman–Crippen MR) is 83.9 cm³/mol. The molecule has 3 rings (SSSR count). The van der Waals surface area contributed by atoms with Crippen molar-refractivity contribution in [3.05, 3.63) is 64.5 Å². The molecule has 2 N–H and O–H groups in total. The zero-order valence-corrected chi connectivity index (χ0v) is 12.2. The van der Waals surface area contributed by atoms with Gasteiger partial charge in [0.15, 0.2) is 0 Å². The number of fused-ring (bicyclic) bond motifs is 1. The molecule has 22 heavy (non-hydrogen) atoms. The summed E-state index contributed by atoms with van der Waals surface area (Å²) in [5, 5.41) is 3.81. The molecule has 6 heteroatoms. The number of nitrogens with one attached hydrogen (secondary N) is 2. The fourth-order valence-electron chi connectivity index (χ4n) is 2.31. The number of aryl methyl sites for hydroxylation is 1. The number of hydrogen-bond donors (Lipinski definition) is 2. The normalized spacial score (nSPS) is 10.8. The van der Waals surface area contributed by atoms with Crippen molar-refractivity contribution in [3.63, 3.8) is 0 Å². The molecule has 0 saturated carbocycles. The molecule has 0 aliphatic rings. The van der Waals surface area contributed by atoms with E-state index in [1.54, 1.807) is 13.0 Å². The minimum absolute atomic E-state index is 0.0852. The summed E-state index contributed by atoms with van der Waals surface area (Å²) in [5.41, 5.74) is 2.10. The van der Waals surface area contributed by atoms with Gasteiger partial charge in [-0.1, -0.05) is 0 Å². The van der Waals surface area contributed by atoms with Crippen LogP contribution in [0.4, 0.5) is 0 Å². The zero-order chi connectivity index (χ0) is 15.5. The number of aromatic nitrogens is 3. The average Bonchev–Trinajstić information content (AvgIpc) is 2.98. The molecule has 0 bridgehead atoms. The summed E-state index contributed by atoms with van der Waals surface area (Å²) < 4.78 is 1.49. The van der Waals surface area contributed by atoms with Crippen molar-refractivity contribution in [2.45, 2.75) is 13.5 Å². The Labute approximate surface area is 126 Å². The van der Waals surface area contributed by atoms with Gasteiger partial charge in [0.05, 0.1) is 6.33 Å². The van der Waals surface area contributed by atoms with E-state index in [4.69, 9.17) is 0 Å². The summed E-state index contributed by atoms with van der Waals surface area (Å²) in [6.45, 7) is 2.48. The van der Waals surface area contributed by atoms with E-state index in [-0.39, 0.29) is 11.5 Å². The third-order valence-electron chi connectivity index (χ3n) is 3.53. The molecule has 112 valence electrons. The SMILES string of the molecule is Cc1cncn(CCNC(=O)c2ccc3[nH]ccc3c2)c1=O. The Morgan fingerprint density at radius 1 is 1.36 bits per heavy atom. The minimum Gasteiger partial charge on any atom is -0.361 e. The third kappa shape index (κ3) is 2.76. The van der Waals surface area contributed by atoms with E-state index >= 15 is 0 Å². The minimum atomic E-state index is -0.156. The van der Waals surface area contributed by atoms with Crippen LogP contribution in [0.1, 0.15) is 15.9 Å². The summed E-state index contributed by atoms with van der Waals surface area (Å²) in [6, 6.07) is 7.40. The Kier molecular flexibility index (Phi) is 3.74. The number of rotatable bonds is 4. The van der Waals surface area contributed by atoms with E-state index in [1.165, 1.54) is 17.1 Å². The van der Waals surface area contributed by atoms with Gasteiger partial charge in [-0.3, -0.25) is 14.2 Å². The molecule has 0 unspecified atom stereocenters. The summed E-state index contributed by atoms with van der Waals surface area (Å²) in [4.78, 5) is 31.0. The standard InChI is InChI=1S/C16H16N4O2/c1-11-9-17-10-20(16(11)22)7-6-19-15(21)13-2-3-14-12(8-13)4-5-18-14/h2-5,8-10,18H,6-7H2,1H3,(H,19,21). The fourth-order valence-corrected chi connectivity index (χ4v) is 2.31. The highest BCUT2D eigenvalue weighted by atomic mass is 16.1. The second kappa shape index (κ2) is 5.85. The number of H-pyrrole nitrogens is 1. The van der Waals surface area contributed by atoms with Crippen molar-refractivity contribution in [2.75, 3.05) is 6.54 Å². The molecular formula is C16H16N4O2. The number of benzene rings is 1. The molecule has 0 saturated heterocycles. The van der Waals surface area contributed by atoms with Crippen LogP contribution >= 0.6 is 0 Å². The Balaban J connectivity index is 1.64. The Morgan fingerprint density at radius 3 is 3.09 bits per heavy atom. The van der Waals surface area contributed by atoms with Gasteiger partial charge in [0.25, 0.3) is 11.5 Å². The zero-order valence-electron chi connectivity index (χ0n) is 12.2. The van der Waals surface area contributed by atoms with Gasteiger partial charge in [-0.2, -0.15) is 0 Å². The van der Waals surface area contributed by atoms with Gasteiger partial charge >= 0.3 is 0 Å². The van der Waals surface area contributed by atoms with Gasteiger partial charge in [0.1, 0.15) is 0 Å². The second-order valence-corrected chi connectivity index (χ2v) is 5.11. The predicted octanol–water partition coefficient (Wildman–Crippen LogP) is 1.46. The lowest BCUT2D eigenvalue weighted by Gasteiger charge is -2.08. The number of nitrogens with zero attached hydrogens (tertiary/aromatic N) is 2. The molecule has 3 aromatic rings. The summed E-state index contributed by atoms with van der Waals surface area (Å²) in [7, 11) is 0. The van der Waals surface area contributed by atoms with Crippen molar-refractivity contribution in [2.24, 2.45) is 0 Å². The first-order chi connectivity index (χ1) is 10.6. The van der Waals surface area contributed by atoms with E-state index in [9.17, 15) is 9.59 Å². The van der Waals surface area contributed by atoms with Gasteiger partial charge in [-0.25, -0.2) is 4.98 Å². The van der Waals surface area contributed by atoms with Gasteiger partial charge < -0.3 is 10.3 Å². The largest absolute Gasteiger partial charge is 0.361 e. The van der Waals surface area contributed by atoms with Crippen LogP contribution in [0.2, 0.25) is 0 Å². The lowest BCUT2D eigenvalue weighted by molar-refractivity contribution is 0.0952. The van der Waals surface area contributed by atoms with E-state index in [2.05, 4.69) is 15.3 Å². The van der Waals surface area contributed by atoms with Crippen LogP contribution in [0.5, 0.6) is 0 Å². The summed E-state index contributed by atoms with van der Waals surface area (Å²) in [6.07, 6.45) is 4.85. The molecule has 0 atom stereocenters. The summed E-state index contributed by atoms with van der Waals surface area (Å²) >= 11 is 0. The Bertz CT molecular complexity index is 879. The molecule has 0 fully saturated rings. The first kappa shape index (κ1) is 14.1. The van der Waals surface area contributed by atoms with Gasteiger partial charge in [-0.15, -0.1) is 0 Å². The first-order valence-corrected chi connectivity index (χ1v) is 7.01. The molecule has 1 amide bonds. The maximum Gasteiger partial charge on any atom is 0.256 e. The van der Waals surface area contributed by atoms with E-state index in [1.807, 2.05) is 24.4 Å². The summed E-state index contributed by atoms with van der Waals surface area (Å²) in [5.74, 6) is -0.156. The van der Waals surface area contributed by atoms with Gasteiger partial charge in [0.2, 0.25) is 0 Å². The Morgan fingerprint density at radius 2 is 2.23 bits per heavy atom. The number of hydrogen-bond acceptors (Lipinski definition) is 3. The third-order valence-corrected chi connectivity index (χ3v) is 3.53. The van der Waals surface area contributed by atoms with E-state index in [0.29, 0.717) is 24.2 Å². The van der Waals surface area contributed by atoms with Crippen molar-refractivity contribution < 1.29 is 4.79 Å². The van der Waals surface area contributed by atoms with Crippen molar-refractivity contribution in [1.29, 1.82) is 0 Å². The van der Waals surface area contributed by atoms with Gasteiger partial charge in [0, 0.05) is 47.5 Å². The number of amides is 1. The van der Waals surface area contributed by atoms with Crippen LogP contribution in [0, 0.1) is 6.92 Å². The highest BCUT2D eigenvalue weighted by Gasteiger charge is 2.07. The highest BCUT2D eigenvalue weighted by molar-refractivity contribution is 5.98. The number of carbonyl (C=O) groups is 1. The molecule has 0 radical (unpaired) electrons. The lowest BCUT2D eigenvalue weighted by atomic mass is 10.1. The maximum atomic E-state index is 12.1. The Hall–Kier alpha value is -2.89. The van der Waals surface area contributed by atoms with Crippen LogP contribution in [-0.2, 0) is 6.54 Å². The maximum absolute atomic E-state index is 12.1. The quantitative estimate of drug-likeness (QED) is 0.765. The molecule has 6 nitrogen and oxygen atoms in total. The van der Waals surface area contributed by atoms with E-state index < -0.39 is 0 Å². The van der Waals surface area contributed by atoms with Crippen LogP contribution in [0.25, 0.3) is 10.9 Å². The van der Waals surface area contributed by atoms with Crippen LogP contribution in [0.3, 0.4) is 0 Å². The lowest BCUT2D eigenvalue weighted by Crippen LogP contribution is -2.31. The van der Waals surface area contributed by atoms with Gasteiger partial charge in [-0.05, 0) is 31.2 Å². The number of aromatic amines is 1. The van der Waals surface area contributed by atoms with E-state index in [0.717, 1.165) is 10.9 Å². The molecule has 1 aromatic carbocycles. The second-order valence-electron chi connectivity index (χ2n) is 5.11. The van der Waals surface area contributed by atoms with Crippen molar-refractivity contribution >= 4 is 16.8 Å². The van der Waals surface area contributed by atoms with Crippen LogP contribution in [0.15, 0.2) is 47.8 Å². The molecule has 0 aliphatic carbocycles. The average molecular weight is 296 g/mol. The fraction of sp³-hybridized carbons (Fsp3) is 0.188.